The number of nitrogens with zero attached hydrogens (tertiary/aromatic N) is 4. The van der Waals surface area contributed by atoms with Gasteiger partial charge in [0.25, 0.3) is 0 Å². The molecule has 0 spiro atoms. The van der Waals surface area contributed by atoms with Crippen molar-refractivity contribution < 1.29 is 0 Å². The van der Waals surface area contributed by atoms with E-state index in [4.69, 9.17) is 4.99 Å². The van der Waals surface area contributed by atoms with Gasteiger partial charge in [0, 0.05) is 30.6 Å². The van der Waals surface area contributed by atoms with Gasteiger partial charge in [-0.15, -0.1) is 0 Å². The summed E-state index contributed by atoms with van der Waals surface area (Å²) in [4.78, 5) is 12.7. The van der Waals surface area contributed by atoms with E-state index in [1.807, 2.05) is 0 Å². The van der Waals surface area contributed by atoms with E-state index >= 15 is 0 Å². The third-order valence-corrected chi connectivity index (χ3v) is 6.59. The standard InChI is InChI=1S/C26H40N4/c1-6-28(7-2)17-16-21(5)20-27-26-23-14-10-12-22-13-11-15-24(25(22)23)30(26)19-18-29(8-3)9-4/h10-15,21H,6-9,16-20H2,1-5H3. The minimum absolute atomic E-state index is 0.589. The minimum Gasteiger partial charge on any atom is -0.324 e. The topological polar surface area (TPSA) is 22.1 Å². The predicted molar refractivity (Wildman–Crippen MR) is 132 cm³/mol. The van der Waals surface area contributed by atoms with Gasteiger partial charge < -0.3 is 14.7 Å². The molecule has 0 aromatic heterocycles. The van der Waals surface area contributed by atoms with E-state index in [9.17, 15) is 0 Å². The van der Waals surface area contributed by atoms with E-state index < -0.39 is 0 Å². The van der Waals surface area contributed by atoms with Crippen LogP contribution in [0.15, 0.2) is 41.4 Å². The van der Waals surface area contributed by atoms with Gasteiger partial charge in [-0.2, -0.15) is 0 Å². The molecule has 0 aliphatic carbocycles. The lowest BCUT2D eigenvalue weighted by molar-refractivity contribution is 0.281. The summed E-state index contributed by atoms with van der Waals surface area (Å²) in [6.45, 7) is 19.9. The SMILES string of the molecule is CCN(CC)CCC(C)CN=C1c2cccc3cccc(c23)N1CCN(CC)CC. The van der Waals surface area contributed by atoms with Gasteiger partial charge in [-0.1, -0.05) is 65.0 Å². The van der Waals surface area contributed by atoms with Crippen molar-refractivity contribution in [2.45, 2.75) is 41.0 Å². The lowest BCUT2D eigenvalue weighted by Crippen LogP contribution is -2.37. The van der Waals surface area contributed by atoms with Crippen LogP contribution in [0.2, 0.25) is 0 Å². The first-order chi connectivity index (χ1) is 14.6. The summed E-state index contributed by atoms with van der Waals surface area (Å²) in [5, 5.41) is 2.69. The van der Waals surface area contributed by atoms with E-state index in [1.165, 1.54) is 40.8 Å². The van der Waals surface area contributed by atoms with Gasteiger partial charge in [0.2, 0.25) is 0 Å². The summed E-state index contributed by atoms with van der Waals surface area (Å²) < 4.78 is 0. The second-order valence-electron chi connectivity index (χ2n) is 8.44. The maximum Gasteiger partial charge on any atom is 0.136 e. The fourth-order valence-corrected chi connectivity index (χ4v) is 4.45. The fourth-order valence-electron chi connectivity index (χ4n) is 4.45. The molecule has 0 bridgehead atoms. The zero-order chi connectivity index (χ0) is 21.5. The first kappa shape index (κ1) is 22.8. The first-order valence-corrected chi connectivity index (χ1v) is 11.9. The fraction of sp³-hybridized carbons (Fsp3) is 0.577. The number of aliphatic imine (C=N–C) groups is 1. The highest BCUT2D eigenvalue weighted by Gasteiger charge is 2.27. The average molecular weight is 409 g/mol. The number of likely N-dealkylation sites (N-methyl/N-ethyl adjacent to an activating group) is 1. The molecule has 4 heteroatoms. The summed E-state index contributed by atoms with van der Waals surface area (Å²) in [5.41, 5.74) is 2.63. The number of hydrogen-bond acceptors (Lipinski definition) is 3. The van der Waals surface area contributed by atoms with Crippen molar-refractivity contribution in [2.24, 2.45) is 10.9 Å². The van der Waals surface area contributed by atoms with Crippen LogP contribution in [0.3, 0.4) is 0 Å². The Morgan fingerprint density at radius 3 is 2.17 bits per heavy atom. The second kappa shape index (κ2) is 10.9. The number of anilines is 1. The minimum atomic E-state index is 0.589. The molecule has 3 rings (SSSR count). The van der Waals surface area contributed by atoms with Crippen LogP contribution in [-0.4, -0.2) is 68.0 Å². The van der Waals surface area contributed by atoms with Gasteiger partial charge in [0.15, 0.2) is 0 Å². The molecule has 1 aliphatic heterocycles. The highest BCUT2D eigenvalue weighted by Crippen LogP contribution is 2.37. The molecule has 0 saturated heterocycles. The zero-order valence-electron chi connectivity index (χ0n) is 19.7. The average Bonchev–Trinajstić information content (AvgIpc) is 3.08. The summed E-state index contributed by atoms with van der Waals surface area (Å²) in [7, 11) is 0. The number of hydrogen-bond donors (Lipinski definition) is 0. The van der Waals surface area contributed by atoms with Crippen molar-refractivity contribution in [1.29, 1.82) is 0 Å². The highest BCUT2D eigenvalue weighted by molar-refractivity contribution is 6.27. The number of amidine groups is 1. The normalized spacial score (nSPS) is 15.8. The molecule has 0 saturated carbocycles. The Morgan fingerprint density at radius 2 is 1.50 bits per heavy atom. The molecule has 1 unspecified atom stereocenters. The van der Waals surface area contributed by atoms with E-state index in [0.717, 1.165) is 45.8 Å². The Labute approximate surface area is 183 Å². The lowest BCUT2D eigenvalue weighted by atomic mass is 10.1. The molecule has 2 aromatic carbocycles. The van der Waals surface area contributed by atoms with Crippen LogP contribution in [-0.2, 0) is 0 Å². The van der Waals surface area contributed by atoms with Crippen LogP contribution >= 0.6 is 0 Å². The molecule has 1 heterocycles. The van der Waals surface area contributed by atoms with Gasteiger partial charge in [-0.3, -0.25) is 4.99 Å². The van der Waals surface area contributed by atoms with Gasteiger partial charge in [-0.05, 0) is 56.5 Å². The molecule has 1 atom stereocenters. The molecular formula is C26H40N4. The van der Waals surface area contributed by atoms with Crippen molar-refractivity contribution in [3.05, 3.63) is 42.0 Å². The van der Waals surface area contributed by atoms with E-state index in [1.54, 1.807) is 0 Å². The number of rotatable bonds is 12. The third-order valence-electron chi connectivity index (χ3n) is 6.59. The first-order valence-electron chi connectivity index (χ1n) is 11.9. The molecule has 164 valence electrons. The van der Waals surface area contributed by atoms with Gasteiger partial charge in [0.05, 0.1) is 5.69 Å². The van der Waals surface area contributed by atoms with Crippen molar-refractivity contribution >= 4 is 22.3 Å². The van der Waals surface area contributed by atoms with Crippen LogP contribution in [0.25, 0.3) is 10.8 Å². The Bertz CT molecular complexity index is 831. The van der Waals surface area contributed by atoms with Crippen molar-refractivity contribution in [3.8, 4) is 0 Å². The van der Waals surface area contributed by atoms with E-state index in [-0.39, 0.29) is 0 Å². The van der Waals surface area contributed by atoms with Crippen LogP contribution in [0.1, 0.15) is 46.6 Å². The largest absolute Gasteiger partial charge is 0.324 e. The predicted octanol–water partition coefficient (Wildman–Crippen LogP) is 5.12. The van der Waals surface area contributed by atoms with Crippen molar-refractivity contribution in [3.63, 3.8) is 0 Å². The quantitative estimate of drug-likeness (QED) is 0.487. The van der Waals surface area contributed by atoms with E-state index in [0.29, 0.717) is 5.92 Å². The molecule has 0 radical (unpaired) electrons. The van der Waals surface area contributed by atoms with Crippen molar-refractivity contribution in [1.82, 2.24) is 9.80 Å². The molecule has 30 heavy (non-hydrogen) atoms. The van der Waals surface area contributed by atoms with Gasteiger partial charge >= 0.3 is 0 Å². The lowest BCUT2D eigenvalue weighted by Gasteiger charge is -2.26. The second-order valence-corrected chi connectivity index (χ2v) is 8.44. The number of benzene rings is 2. The molecule has 0 amide bonds. The Hall–Kier alpha value is -1.91. The van der Waals surface area contributed by atoms with Crippen molar-refractivity contribution in [2.75, 3.05) is 57.3 Å². The van der Waals surface area contributed by atoms with Crippen LogP contribution in [0.4, 0.5) is 5.69 Å². The summed E-state index contributed by atoms with van der Waals surface area (Å²) >= 11 is 0. The maximum absolute atomic E-state index is 5.21. The van der Waals surface area contributed by atoms with Gasteiger partial charge in [0.1, 0.15) is 5.84 Å². The monoisotopic (exact) mass is 408 g/mol. The maximum atomic E-state index is 5.21. The van der Waals surface area contributed by atoms with Gasteiger partial charge in [-0.25, -0.2) is 0 Å². The van der Waals surface area contributed by atoms with Crippen LogP contribution in [0, 0.1) is 5.92 Å². The zero-order valence-corrected chi connectivity index (χ0v) is 19.7. The van der Waals surface area contributed by atoms with E-state index in [2.05, 4.69) is 85.7 Å². The smallest absolute Gasteiger partial charge is 0.136 e. The Morgan fingerprint density at radius 1 is 0.867 bits per heavy atom. The third kappa shape index (κ3) is 5.04. The molecule has 4 nitrogen and oxygen atoms in total. The summed E-state index contributed by atoms with van der Waals surface area (Å²) in [6.07, 6.45) is 1.20. The Balaban J connectivity index is 1.81. The molecule has 1 aliphatic rings. The summed E-state index contributed by atoms with van der Waals surface area (Å²) in [5.74, 6) is 1.76. The molecule has 2 aromatic rings. The van der Waals surface area contributed by atoms with Crippen LogP contribution < -0.4 is 4.90 Å². The molecular weight excluding hydrogens is 368 g/mol. The molecule has 0 N–H and O–H groups in total. The van der Waals surface area contributed by atoms with Crippen LogP contribution in [0.5, 0.6) is 0 Å². The summed E-state index contributed by atoms with van der Waals surface area (Å²) in [6, 6.07) is 13.3. The highest BCUT2D eigenvalue weighted by atomic mass is 15.2. The molecule has 0 fully saturated rings. The Kier molecular flexibility index (Phi) is 8.29.